The average Bonchev–Trinajstić information content (AvgIpc) is 3.77. The Morgan fingerprint density at radius 1 is 0.800 bits per heavy atom. The van der Waals surface area contributed by atoms with Crippen LogP contribution < -0.4 is 4.74 Å². The first-order valence-electron chi connectivity index (χ1n) is 16.3. The number of hydrogen-bond acceptors (Lipinski definition) is 2. The van der Waals surface area contributed by atoms with Crippen molar-refractivity contribution in [3.63, 3.8) is 0 Å². The van der Waals surface area contributed by atoms with Crippen LogP contribution in [0, 0.1) is 17.8 Å². The van der Waals surface area contributed by atoms with E-state index in [0.717, 1.165) is 37.4 Å². The molecule has 0 N–H and O–H groups in total. The SMILES string of the molecule is CCCCCCCCOc1ccc(-c2cc3c(c(F)n2)C(F)(F)C(CCCCCCCCCC2CC2)CC3)cc1. The van der Waals surface area contributed by atoms with Gasteiger partial charge in [0, 0.05) is 11.5 Å². The van der Waals surface area contributed by atoms with Gasteiger partial charge in [-0.1, -0.05) is 103 Å². The second-order valence-corrected chi connectivity index (χ2v) is 12.3. The fourth-order valence-corrected chi connectivity index (χ4v) is 6.21. The van der Waals surface area contributed by atoms with Crippen LogP contribution in [0.5, 0.6) is 5.75 Å². The third-order valence-electron chi connectivity index (χ3n) is 8.94. The van der Waals surface area contributed by atoms with Gasteiger partial charge in [0.15, 0.2) is 0 Å². The fourth-order valence-electron chi connectivity index (χ4n) is 6.21. The van der Waals surface area contributed by atoms with Crippen LogP contribution in [-0.4, -0.2) is 11.6 Å². The summed E-state index contributed by atoms with van der Waals surface area (Å²) in [4.78, 5) is 4.00. The Kier molecular flexibility index (Phi) is 12.2. The molecule has 0 radical (unpaired) electrons. The van der Waals surface area contributed by atoms with Crippen molar-refractivity contribution in [3.05, 3.63) is 47.4 Å². The lowest BCUT2D eigenvalue weighted by Gasteiger charge is -2.33. The number of aryl methyl sites for hydroxylation is 1. The van der Waals surface area contributed by atoms with Gasteiger partial charge in [0.05, 0.1) is 17.9 Å². The summed E-state index contributed by atoms with van der Waals surface area (Å²) < 4.78 is 51.8. The van der Waals surface area contributed by atoms with Gasteiger partial charge in [0.1, 0.15) is 5.75 Å². The van der Waals surface area contributed by atoms with E-state index in [1.165, 1.54) is 77.0 Å². The number of alkyl halides is 2. The molecule has 2 nitrogen and oxygen atoms in total. The van der Waals surface area contributed by atoms with E-state index in [1.807, 2.05) is 24.3 Å². The molecule has 1 fully saturated rings. The minimum absolute atomic E-state index is 0.398. The average molecular weight is 558 g/mol. The van der Waals surface area contributed by atoms with E-state index < -0.39 is 23.4 Å². The van der Waals surface area contributed by atoms with Crippen LogP contribution in [0.25, 0.3) is 11.3 Å². The lowest BCUT2D eigenvalue weighted by molar-refractivity contribution is -0.0824. The molecular formula is C35H50F3NO. The minimum atomic E-state index is -3.17. The Morgan fingerprint density at radius 2 is 1.43 bits per heavy atom. The number of unbranched alkanes of at least 4 members (excludes halogenated alkanes) is 11. The number of fused-ring (bicyclic) bond motifs is 1. The zero-order chi connectivity index (χ0) is 28.2. The quantitative estimate of drug-likeness (QED) is 0.127. The summed E-state index contributed by atoms with van der Waals surface area (Å²) in [7, 11) is 0. The molecule has 1 heterocycles. The van der Waals surface area contributed by atoms with Crippen molar-refractivity contribution in [1.29, 1.82) is 0 Å². The molecule has 4 rings (SSSR count). The molecule has 1 aromatic carbocycles. The van der Waals surface area contributed by atoms with Gasteiger partial charge < -0.3 is 4.74 Å². The summed E-state index contributed by atoms with van der Waals surface area (Å²) in [5.74, 6) is -3.21. The summed E-state index contributed by atoms with van der Waals surface area (Å²) >= 11 is 0. The van der Waals surface area contributed by atoms with Gasteiger partial charge in [-0.05, 0) is 67.5 Å². The van der Waals surface area contributed by atoms with Gasteiger partial charge >= 0.3 is 0 Å². The highest BCUT2D eigenvalue weighted by Gasteiger charge is 2.47. The normalized spacial score (nSPS) is 18.1. The first kappa shape index (κ1) is 30.9. The minimum Gasteiger partial charge on any atom is -0.494 e. The maximum absolute atomic E-state index is 15.4. The summed E-state index contributed by atoms with van der Waals surface area (Å²) in [5.41, 5.74) is 1.05. The van der Waals surface area contributed by atoms with Crippen molar-refractivity contribution in [2.75, 3.05) is 6.61 Å². The molecule has 2 aliphatic rings. The molecular weight excluding hydrogens is 507 g/mol. The molecule has 0 amide bonds. The van der Waals surface area contributed by atoms with Crippen LogP contribution in [-0.2, 0) is 12.3 Å². The van der Waals surface area contributed by atoms with E-state index >= 15 is 13.2 Å². The molecule has 1 saturated carbocycles. The number of halogens is 3. The van der Waals surface area contributed by atoms with Gasteiger partial charge in [0.25, 0.3) is 5.92 Å². The third kappa shape index (κ3) is 9.24. The highest BCUT2D eigenvalue weighted by molar-refractivity contribution is 5.62. The van der Waals surface area contributed by atoms with E-state index in [-0.39, 0.29) is 0 Å². The van der Waals surface area contributed by atoms with Crippen molar-refractivity contribution < 1.29 is 17.9 Å². The number of benzene rings is 1. The van der Waals surface area contributed by atoms with Gasteiger partial charge in [-0.15, -0.1) is 0 Å². The maximum Gasteiger partial charge on any atom is 0.280 e. The number of hydrogen-bond donors (Lipinski definition) is 0. The predicted octanol–water partition coefficient (Wildman–Crippen LogP) is 11.2. The first-order valence-corrected chi connectivity index (χ1v) is 16.3. The van der Waals surface area contributed by atoms with Crippen molar-refractivity contribution in [2.24, 2.45) is 11.8 Å². The van der Waals surface area contributed by atoms with E-state index in [0.29, 0.717) is 42.7 Å². The van der Waals surface area contributed by atoms with Gasteiger partial charge in [-0.2, -0.15) is 4.39 Å². The van der Waals surface area contributed by atoms with E-state index in [4.69, 9.17) is 4.74 Å². The van der Waals surface area contributed by atoms with Gasteiger partial charge in [-0.3, -0.25) is 0 Å². The molecule has 2 aliphatic carbocycles. The van der Waals surface area contributed by atoms with Crippen molar-refractivity contribution >= 4 is 0 Å². The smallest absolute Gasteiger partial charge is 0.280 e. The Labute approximate surface area is 240 Å². The molecule has 0 spiro atoms. The monoisotopic (exact) mass is 557 g/mol. The van der Waals surface area contributed by atoms with Crippen molar-refractivity contribution in [3.8, 4) is 17.0 Å². The Morgan fingerprint density at radius 3 is 2.10 bits per heavy atom. The van der Waals surface area contributed by atoms with Crippen molar-refractivity contribution in [1.82, 2.24) is 4.98 Å². The second kappa shape index (κ2) is 15.8. The summed E-state index contributed by atoms with van der Waals surface area (Å²) in [6, 6.07) is 9.04. The topological polar surface area (TPSA) is 22.1 Å². The number of nitrogens with zero attached hydrogens (tertiary/aromatic N) is 1. The largest absolute Gasteiger partial charge is 0.494 e. The first-order chi connectivity index (χ1) is 19.5. The molecule has 0 aliphatic heterocycles. The maximum atomic E-state index is 15.4. The molecule has 0 saturated heterocycles. The summed E-state index contributed by atoms with van der Waals surface area (Å²) in [6.07, 6.45) is 20.8. The Hall–Kier alpha value is -2.04. The third-order valence-corrected chi connectivity index (χ3v) is 8.94. The summed E-state index contributed by atoms with van der Waals surface area (Å²) in [6.45, 7) is 2.89. The molecule has 2 aromatic rings. The molecule has 1 unspecified atom stereocenters. The van der Waals surface area contributed by atoms with Crippen LogP contribution in [0.2, 0.25) is 0 Å². The molecule has 0 bridgehead atoms. The Balaban J connectivity index is 1.22. The molecule has 222 valence electrons. The summed E-state index contributed by atoms with van der Waals surface area (Å²) in [5, 5.41) is 0. The van der Waals surface area contributed by atoms with Crippen LogP contribution in [0.15, 0.2) is 30.3 Å². The number of aromatic nitrogens is 1. The number of rotatable bonds is 19. The molecule has 1 atom stereocenters. The van der Waals surface area contributed by atoms with E-state index in [1.54, 1.807) is 6.07 Å². The molecule has 40 heavy (non-hydrogen) atoms. The van der Waals surface area contributed by atoms with Gasteiger partial charge in [-0.25, -0.2) is 13.8 Å². The predicted molar refractivity (Wildman–Crippen MR) is 158 cm³/mol. The molecule has 1 aromatic heterocycles. The van der Waals surface area contributed by atoms with Crippen LogP contribution >= 0.6 is 0 Å². The van der Waals surface area contributed by atoms with Crippen LogP contribution in [0.4, 0.5) is 13.2 Å². The van der Waals surface area contributed by atoms with E-state index in [2.05, 4.69) is 11.9 Å². The highest BCUT2D eigenvalue weighted by atomic mass is 19.3. The number of pyridine rings is 1. The van der Waals surface area contributed by atoms with Gasteiger partial charge in [0.2, 0.25) is 5.95 Å². The highest BCUT2D eigenvalue weighted by Crippen LogP contribution is 2.48. The lowest BCUT2D eigenvalue weighted by Crippen LogP contribution is -2.33. The second-order valence-electron chi connectivity index (χ2n) is 12.3. The molecule has 5 heteroatoms. The zero-order valence-electron chi connectivity index (χ0n) is 24.7. The zero-order valence-corrected chi connectivity index (χ0v) is 24.7. The standard InChI is InChI=1S/C35H50F3NO/c1-2-3-4-5-11-14-25-40-31-23-20-28(21-24-31)32-26-29-19-22-30(35(37,38)33(29)34(36)39-32)16-13-10-8-6-7-9-12-15-27-17-18-27/h20-21,23-24,26-27,30H,2-19,22,25H2,1H3. The van der Waals surface area contributed by atoms with Crippen LogP contribution in [0.3, 0.4) is 0 Å². The van der Waals surface area contributed by atoms with Crippen LogP contribution in [0.1, 0.15) is 134 Å². The fraction of sp³-hybridized carbons (Fsp3) is 0.686. The Bertz CT molecular complexity index is 1020. The lowest BCUT2D eigenvalue weighted by atomic mass is 9.78. The van der Waals surface area contributed by atoms with Crippen molar-refractivity contribution in [2.45, 2.75) is 135 Å². The van der Waals surface area contributed by atoms with E-state index in [9.17, 15) is 0 Å². The number of ether oxygens (including phenoxy) is 1.